The predicted molar refractivity (Wildman–Crippen MR) is 54.9 cm³/mol. The summed E-state index contributed by atoms with van der Waals surface area (Å²) >= 11 is 0. The van der Waals surface area contributed by atoms with Gasteiger partial charge in [0.2, 0.25) is 5.91 Å². The summed E-state index contributed by atoms with van der Waals surface area (Å²) in [6.07, 6.45) is 3.09. The molecule has 0 saturated heterocycles. The molecule has 1 fully saturated rings. The molecule has 4 heteroatoms. The minimum Gasteiger partial charge on any atom is -0.380 e. The third-order valence-electron chi connectivity index (χ3n) is 2.41. The Kier molecular flexibility index (Phi) is 4.90. The Morgan fingerprint density at radius 1 is 1.50 bits per heavy atom. The van der Waals surface area contributed by atoms with Gasteiger partial charge in [0.25, 0.3) is 0 Å². The van der Waals surface area contributed by atoms with Crippen molar-refractivity contribution >= 4 is 5.91 Å². The van der Waals surface area contributed by atoms with E-state index >= 15 is 0 Å². The van der Waals surface area contributed by atoms with Gasteiger partial charge in [0.15, 0.2) is 0 Å². The van der Waals surface area contributed by atoms with Gasteiger partial charge in [-0.15, -0.1) is 0 Å². The third-order valence-corrected chi connectivity index (χ3v) is 2.41. The number of carbonyl (C=O) groups is 1. The molecule has 1 aliphatic rings. The van der Waals surface area contributed by atoms with E-state index in [1.54, 1.807) is 0 Å². The van der Waals surface area contributed by atoms with Crippen molar-refractivity contribution in [1.82, 2.24) is 4.90 Å². The zero-order chi connectivity index (χ0) is 10.4. The van der Waals surface area contributed by atoms with Gasteiger partial charge in [-0.3, -0.25) is 4.79 Å². The fourth-order valence-electron chi connectivity index (χ4n) is 1.17. The van der Waals surface area contributed by atoms with Crippen molar-refractivity contribution in [2.24, 2.45) is 11.7 Å². The summed E-state index contributed by atoms with van der Waals surface area (Å²) in [4.78, 5) is 12.6. The summed E-state index contributed by atoms with van der Waals surface area (Å²) in [6, 6.07) is 0. The largest absolute Gasteiger partial charge is 0.380 e. The topological polar surface area (TPSA) is 55.6 Å². The average molecular weight is 200 g/mol. The number of likely N-dealkylation sites (N-methyl/N-ethyl adjacent to an activating group) is 1. The molecule has 0 spiro atoms. The molecule has 1 amide bonds. The summed E-state index contributed by atoms with van der Waals surface area (Å²) < 4.78 is 5.48. The Labute approximate surface area is 85.4 Å². The maximum atomic E-state index is 10.5. The molecule has 0 unspecified atom stereocenters. The zero-order valence-electron chi connectivity index (χ0n) is 8.87. The highest BCUT2D eigenvalue weighted by atomic mass is 16.5. The normalized spacial score (nSPS) is 16.1. The van der Waals surface area contributed by atoms with E-state index in [2.05, 4.69) is 4.90 Å². The maximum absolute atomic E-state index is 10.5. The lowest BCUT2D eigenvalue weighted by Crippen LogP contribution is -2.27. The molecule has 0 aliphatic heterocycles. The SMILES string of the molecule is CN(CCOCC1CC1)CCC(N)=O. The standard InChI is InChI=1S/C10H20N2O2/c1-12(5-4-10(11)13)6-7-14-8-9-2-3-9/h9H,2-8H2,1H3,(H2,11,13). The number of carbonyl (C=O) groups excluding carboxylic acids is 1. The van der Waals surface area contributed by atoms with E-state index in [-0.39, 0.29) is 5.91 Å². The first-order valence-corrected chi connectivity index (χ1v) is 5.23. The number of hydrogen-bond donors (Lipinski definition) is 1. The van der Waals surface area contributed by atoms with Crippen LogP contribution in [0.25, 0.3) is 0 Å². The molecule has 1 rings (SSSR count). The smallest absolute Gasteiger partial charge is 0.218 e. The Hall–Kier alpha value is -0.610. The first-order valence-electron chi connectivity index (χ1n) is 5.23. The highest BCUT2D eigenvalue weighted by molar-refractivity contribution is 5.73. The van der Waals surface area contributed by atoms with Gasteiger partial charge in [-0.1, -0.05) is 0 Å². The first kappa shape index (κ1) is 11.5. The van der Waals surface area contributed by atoms with E-state index in [9.17, 15) is 4.79 Å². The summed E-state index contributed by atoms with van der Waals surface area (Å²) in [7, 11) is 1.98. The van der Waals surface area contributed by atoms with Crippen molar-refractivity contribution in [1.29, 1.82) is 0 Å². The van der Waals surface area contributed by atoms with Gasteiger partial charge in [0.05, 0.1) is 6.61 Å². The number of rotatable bonds is 8. The fraction of sp³-hybridized carbons (Fsp3) is 0.900. The quantitative estimate of drug-likeness (QED) is 0.570. The van der Waals surface area contributed by atoms with E-state index < -0.39 is 0 Å². The van der Waals surface area contributed by atoms with Crippen LogP contribution >= 0.6 is 0 Å². The maximum Gasteiger partial charge on any atom is 0.218 e. The fourth-order valence-corrected chi connectivity index (χ4v) is 1.17. The van der Waals surface area contributed by atoms with Crippen LogP contribution in [0.3, 0.4) is 0 Å². The lowest BCUT2D eigenvalue weighted by atomic mass is 10.4. The third kappa shape index (κ3) is 5.94. The van der Waals surface area contributed by atoms with Gasteiger partial charge in [0, 0.05) is 26.1 Å². The second kappa shape index (κ2) is 5.98. The van der Waals surface area contributed by atoms with Crippen molar-refractivity contribution in [2.45, 2.75) is 19.3 Å². The molecular formula is C10H20N2O2. The number of nitrogens with zero attached hydrogens (tertiary/aromatic N) is 1. The second-order valence-electron chi connectivity index (χ2n) is 4.04. The van der Waals surface area contributed by atoms with Crippen LogP contribution in [0.1, 0.15) is 19.3 Å². The minimum atomic E-state index is -0.240. The Morgan fingerprint density at radius 3 is 2.79 bits per heavy atom. The van der Waals surface area contributed by atoms with Gasteiger partial charge < -0.3 is 15.4 Å². The molecule has 0 heterocycles. The average Bonchev–Trinajstić information content (AvgIpc) is 2.92. The van der Waals surface area contributed by atoms with Crippen molar-refractivity contribution in [3.8, 4) is 0 Å². The number of nitrogens with two attached hydrogens (primary N) is 1. The Morgan fingerprint density at radius 2 is 2.21 bits per heavy atom. The lowest BCUT2D eigenvalue weighted by molar-refractivity contribution is -0.118. The van der Waals surface area contributed by atoms with Crippen LogP contribution in [0, 0.1) is 5.92 Å². The predicted octanol–water partition coefficient (Wildman–Crippen LogP) is 0.220. The van der Waals surface area contributed by atoms with Crippen LogP contribution in [-0.2, 0) is 9.53 Å². The zero-order valence-corrected chi connectivity index (χ0v) is 8.87. The van der Waals surface area contributed by atoms with Crippen LogP contribution in [0.4, 0.5) is 0 Å². The van der Waals surface area contributed by atoms with Crippen LogP contribution in [0.2, 0.25) is 0 Å². The van der Waals surface area contributed by atoms with Crippen molar-refractivity contribution in [2.75, 3.05) is 33.4 Å². The monoisotopic (exact) mass is 200 g/mol. The molecule has 0 aromatic rings. The van der Waals surface area contributed by atoms with Crippen molar-refractivity contribution in [3.63, 3.8) is 0 Å². The molecule has 0 aromatic heterocycles. The first-order chi connectivity index (χ1) is 6.68. The van der Waals surface area contributed by atoms with Crippen LogP contribution in [0.5, 0.6) is 0 Å². The van der Waals surface area contributed by atoms with Crippen LogP contribution in [-0.4, -0.2) is 44.2 Å². The number of hydrogen-bond acceptors (Lipinski definition) is 3. The minimum absolute atomic E-state index is 0.240. The van der Waals surface area contributed by atoms with E-state index in [4.69, 9.17) is 10.5 Å². The molecule has 4 nitrogen and oxygen atoms in total. The van der Waals surface area contributed by atoms with E-state index in [1.165, 1.54) is 12.8 Å². The molecule has 1 aliphatic carbocycles. The molecule has 0 aromatic carbocycles. The van der Waals surface area contributed by atoms with Gasteiger partial charge in [-0.25, -0.2) is 0 Å². The second-order valence-corrected chi connectivity index (χ2v) is 4.04. The van der Waals surface area contributed by atoms with Gasteiger partial charge in [-0.2, -0.15) is 0 Å². The van der Waals surface area contributed by atoms with Gasteiger partial charge in [0.1, 0.15) is 0 Å². The Balaban J connectivity index is 1.85. The van der Waals surface area contributed by atoms with Gasteiger partial charge in [-0.05, 0) is 25.8 Å². The van der Waals surface area contributed by atoms with Crippen LogP contribution < -0.4 is 5.73 Å². The van der Waals surface area contributed by atoms with Crippen LogP contribution in [0.15, 0.2) is 0 Å². The number of primary amides is 1. The van der Waals surface area contributed by atoms with Crippen molar-refractivity contribution < 1.29 is 9.53 Å². The highest BCUT2D eigenvalue weighted by Crippen LogP contribution is 2.28. The van der Waals surface area contributed by atoms with E-state index in [0.29, 0.717) is 6.42 Å². The summed E-state index contributed by atoms with van der Waals surface area (Å²) in [5.41, 5.74) is 5.05. The molecule has 0 radical (unpaired) electrons. The summed E-state index contributed by atoms with van der Waals surface area (Å²) in [6.45, 7) is 3.26. The molecule has 0 atom stereocenters. The van der Waals surface area contributed by atoms with Crippen molar-refractivity contribution in [3.05, 3.63) is 0 Å². The molecule has 0 bridgehead atoms. The summed E-state index contributed by atoms with van der Waals surface area (Å²) in [5, 5.41) is 0. The Bertz CT molecular complexity index is 181. The van der Waals surface area contributed by atoms with E-state index in [1.807, 2.05) is 7.05 Å². The van der Waals surface area contributed by atoms with E-state index in [0.717, 1.165) is 32.2 Å². The van der Waals surface area contributed by atoms with Gasteiger partial charge >= 0.3 is 0 Å². The number of amides is 1. The molecule has 2 N–H and O–H groups in total. The molecule has 1 saturated carbocycles. The highest BCUT2D eigenvalue weighted by Gasteiger charge is 2.20. The summed E-state index contributed by atoms with van der Waals surface area (Å²) in [5.74, 6) is 0.585. The molecular weight excluding hydrogens is 180 g/mol. The molecule has 14 heavy (non-hydrogen) atoms. The molecule has 82 valence electrons. The number of ether oxygens (including phenoxy) is 1. The lowest BCUT2D eigenvalue weighted by Gasteiger charge is -2.15.